The highest BCUT2D eigenvalue weighted by atomic mass is 16.1. The Morgan fingerprint density at radius 3 is 2.48 bits per heavy atom. The standard InChI is InChI=1S/C18H27NO2/c1-13(2)18(21)19-17-12-8-11-16(15(17)4)10-7-5-6-9-14(3)20/h8,11-13H,5-7,9-10H2,1-4H3,(H,19,21). The van der Waals surface area contributed by atoms with Gasteiger partial charge in [-0.2, -0.15) is 0 Å². The molecule has 0 fully saturated rings. The van der Waals surface area contributed by atoms with E-state index in [0.29, 0.717) is 6.42 Å². The fourth-order valence-electron chi connectivity index (χ4n) is 2.23. The van der Waals surface area contributed by atoms with Crippen molar-refractivity contribution >= 4 is 17.4 Å². The monoisotopic (exact) mass is 289 g/mol. The van der Waals surface area contributed by atoms with E-state index in [4.69, 9.17) is 0 Å². The molecular formula is C18H27NO2. The van der Waals surface area contributed by atoms with Crippen LogP contribution in [0.5, 0.6) is 0 Å². The van der Waals surface area contributed by atoms with Gasteiger partial charge in [-0.1, -0.05) is 32.4 Å². The summed E-state index contributed by atoms with van der Waals surface area (Å²) in [5.41, 5.74) is 3.34. The normalized spacial score (nSPS) is 10.7. The van der Waals surface area contributed by atoms with E-state index in [1.165, 1.54) is 5.56 Å². The van der Waals surface area contributed by atoms with Gasteiger partial charge < -0.3 is 10.1 Å². The van der Waals surface area contributed by atoms with Crippen LogP contribution in [0.4, 0.5) is 5.69 Å². The van der Waals surface area contributed by atoms with Gasteiger partial charge in [0.1, 0.15) is 5.78 Å². The van der Waals surface area contributed by atoms with Gasteiger partial charge in [0.2, 0.25) is 5.91 Å². The molecule has 0 spiro atoms. The maximum Gasteiger partial charge on any atom is 0.226 e. The number of unbranched alkanes of at least 4 members (excludes halogenated alkanes) is 2. The van der Waals surface area contributed by atoms with Gasteiger partial charge in [0.05, 0.1) is 0 Å². The van der Waals surface area contributed by atoms with Crippen LogP contribution in [-0.2, 0) is 16.0 Å². The van der Waals surface area contributed by atoms with Gasteiger partial charge in [-0.25, -0.2) is 0 Å². The molecule has 0 aromatic heterocycles. The molecule has 0 atom stereocenters. The molecule has 1 amide bonds. The van der Waals surface area contributed by atoms with Gasteiger partial charge in [0, 0.05) is 18.0 Å². The summed E-state index contributed by atoms with van der Waals surface area (Å²) in [5, 5.41) is 2.98. The number of amides is 1. The minimum Gasteiger partial charge on any atom is -0.326 e. The first-order valence-corrected chi connectivity index (χ1v) is 7.80. The first kappa shape index (κ1) is 17.4. The number of hydrogen-bond acceptors (Lipinski definition) is 2. The summed E-state index contributed by atoms with van der Waals surface area (Å²) in [6.07, 6.45) is 4.80. The summed E-state index contributed by atoms with van der Waals surface area (Å²) < 4.78 is 0. The molecule has 0 unspecified atom stereocenters. The van der Waals surface area contributed by atoms with E-state index in [9.17, 15) is 9.59 Å². The molecule has 0 aliphatic carbocycles. The average Bonchev–Trinajstić information content (AvgIpc) is 2.41. The van der Waals surface area contributed by atoms with Crippen molar-refractivity contribution in [2.75, 3.05) is 5.32 Å². The Balaban J connectivity index is 2.55. The Hall–Kier alpha value is -1.64. The number of aryl methyl sites for hydroxylation is 1. The van der Waals surface area contributed by atoms with E-state index in [0.717, 1.165) is 36.9 Å². The number of nitrogens with one attached hydrogen (secondary N) is 1. The SMILES string of the molecule is CC(=O)CCCCCc1cccc(NC(=O)C(C)C)c1C. The molecule has 3 nitrogen and oxygen atoms in total. The van der Waals surface area contributed by atoms with E-state index < -0.39 is 0 Å². The quantitative estimate of drug-likeness (QED) is 0.726. The highest BCUT2D eigenvalue weighted by Crippen LogP contribution is 2.21. The van der Waals surface area contributed by atoms with Crippen LogP contribution in [0.1, 0.15) is 57.6 Å². The van der Waals surface area contributed by atoms with Crippen molar-refractivity contribution in [2.24, 2.45) is 5.92 Å². The van der Waals surface area contributed by atoms with Crippen molar-refractivity contribution in [3.05, 3.63) is 29.3 Å². The number of anilines is 1. The van der Waals surface area contributed by atoms with Gasteiger partial charge >= 0.3 is 0 Å². The molecule has 0 bridgehead atoms. The lowest BCUT2D eigenvalue weighted by molar-refractivity contribution is -0.119. The zero-order valence-electron chi connectivity index (χ0n) is 13.7. The van der Waals surface area contributed by atoms with Crippen molar-refractivity contribution in [1.29, 1.82) is 0 Å². The van der Waals surface area contributed by atoms with E-state index in [-0.39, 0.29) is 17.6 Å². The molecule has 0 aliphatic rings. The van der Waals surface area contributed by atoms with Crippen molar-refractivity contribution in [3.8, 4) is 0 Å². The minimum absolute atomic E-state index is 0.0142. The number of hydrogen-bond donors (Lipinski definition) is 1. The zero-order valence-corrected chi connectivity index (χ0v) is 13.7. The van der Waals surface area contributed by atoms with Crippen molar-refractivity contribution in [1.82, 2.24) is 0 Å². The summed E-state index contributed by atoms with van der Waals surface area (Å²) in [6, 6.07) is 6.06. The lowest BCUT2D eigenvalue weighted by Crippen LogP contribution is -2.18. The third kappa shape index (κ3) is 6.11. The van der Waals surface area contributed by atoms with Gasteiger partial charge in [0.15, 0.2) is 0 Å². The van der Waals surface area contributed by atoms with E-state index in [2.05, 4.69) is 18.3 Å². The fraction of sp³-hybridized carbons (Fsp3) is 0.556. The van der Waals surface area contributed by atoms with E-state index in [1.807, 2.05) is 26.0 Å². The first-order chi connectivity index (χ1) is 9.91. The smallest absolute Gasteiger partial charge is 0.226 e. The topological polar surface area (TPSA) is 46.2 Å². The predicted octanol–water partition coefficient (Wildman–Crippen LogP) is 4.28. The summed E-state index contributed by atoms with van der Waals surface area (Å²) in [5.74, 6) is 0.306. The van der Waals surface area contributed by atoms with Crippen LogP contribution in [0.2, 0.25) is 0 Å². The number of Topliss-reactive ketones (excluding diaryl/α,β-unsaturated/α-hetero) is 1. The molecular weight excluding hydrogens is 262 g/mol. The highest BCUT2D eigenvalue weighted by molar-refractivity contribution is 5.92. The lowest BCUT2D eigenvalue weighted by atomic mass is 9.99. The Morgan fingerprint density at radius 1 is 1.14 bits per heavy atom. The Bertz CT molecular complexity index is 492. The van der Waals surface area contributed by atoms with E-state index in [1.54, 1.807) is 6.92 Å². The Labute approximate surface area is 128 Å². The van der Waals surface area contributed by atoms with Crippen LogP contribution in [-0.4, -0.2) is 11.7 Å². The second kappa shape index (κ2) is 8.60. The van der Waals surface area contributed by atoms with Gasteiger partial charge in [-0.3, -0.25) is 4.79 Å². The predicted molar refractivity (Wildman–Crippen MR) is 87.5 cm³/mol. The van der Waals surface area contributed by atoms with Crippen molar-refractivity contribution in [3.63, 3.8) is 0 Å². The van der Waals surface area contributed by atoms with Crippen LogP contribution in [0.15, 0.2) is 18.2 Å². The number of carbonyl (C=O) groups excluding carboxylic acids is 2. The molecule has 0 heterocycles. The lowest BCUT2D eigenvalue weighted by Gasteiger charge is -2.13. The molecule has 1 aromatic rings. The van der Waals surface area contributed by atoms with Crippen LogP contribution in [0, 0.1) is 12.8 Å². The molecule has 116 valence electrons. The fourth-order valence-corrected chi connectivity index (χ4v) is 2.23. The minimum atomic E-state index is -0.0142. The number of rotatable bonds is 8. The summed E-state index contributed by atoms with van der Waals surface area (Å²) in [4.78, 5) is 22.7. The largest absolute Gasteiger partial charge is 0.326 e. The molecule has 0 radical (unpaired) electrons. The maximum atomic E-state index is 11.8. The molecule has 1 aromatic carbocycles. The van der Waals surface area contributed by atoms with E-state index >= 15 is 0 Å². The van der Waals surface area contributed by atoms with Crippen LogP contribution in [0.25, 0.3) is 0 Å². The number of ketones is 1. The number of benzene rings is 1. The van der Waals surface area contributed by atoms with Gasteiger partial charge in [-0.05, 0) is 50.3 Å². The first-order valence-electron chi connectivity index (χ1n) is 7.80. The molecule has 21 heavy (non-hydrogen) atoms. The van der Waals surface area contributed by atoms with Crippen molar-refractivity contribution < 1.29 is 9.59 Å². The molecule has 3 heteroatoms. The van der Waals surface area contributed by atoms with Crippen LogP contribution >= 0.6 is 0 Å². The Kier molecular flexibility index (Phi) is 7.13. The van der Waals surface area contributed by atoms with Gasteiger partial charge in [-0.15, -0.1) is 0 Å². The van der Waals surface area contributed by atoms with Gasteiger partial charge in [0.25, 0.3) is 0 Å². The second-order valence-electron chi connectivity index (χ2n) is 6.00. The second-order valence-corrected chi connectivity index (χ2v) is 6.00. The molecule has 0 saturated heterocycles. The molecule has 0 aliphatic heterocycles. The summed E-state index contributed by atoms with van der Waals surface area (Å²) in [7, 11) is 0. The summed E-state index contributed by atoms with van der Waals surface area (Å²) >= 11 is 0. The zero-order chi connectivity index (χ0) is 15.8. The van der Waals surface area contributed by atoms with Crippen LogP contribution < -0.4 is 5.32 Å². The maximum absolute atomic E-state index is 11.8. The van der Waals surface area contributed by atoms with Crippen LogP contribution in [0.3, 0.4) is 0 Å². The molecule has 1 N–H and O–H groups in total. The average molecular weight is 289 g/mol. The highest BCUT2D eigenvalue weighted by Gasteiger charge is 2.10. The third-order valence-electron chi connectivity index (χ3n) is 3.70. The van der Waals surface area contributed by atoms with Crippen molar-refractivity contribution in [2.45, 2.75) is 59.8 Å². The third-order valence-corrected chi connectivity index (χ3v) is 3.70. The molecule has 1 rings (SSSR count). The summed E-state index contributed by atoms with van der Waals surface area (Å²) in [6.45, 7) is 7.49. The Morgan fingerprint density at radius 2 is 1.86 bits per heavy atom. The molecule has 0 saturated carbocycles. The number of carbonyl (C=O) groups is 2.